The van der Waals surface area contributed by atoms with Crippen molar-refractivity contribution in [2.45, 2.75) is 39.7 Å². The Hall–Kier alpha value is -1.28. The molecule has 2 nitrogen and oxygen atoms in total. The standard InChI is InChI=1S/C15H22N2/c1-10(2)8-9-13(16)15-11(3)17-14-7-5-4-6-12(14)15/h4-7,10,13,17H,8-9,16H2,1-3H3/t13-/m0/s1. The second-order valence-corrected chi connectivity index (χ2v) is 5.29. The number of aromatic nitrogens is 1. The van der Waals surface area contributed by atoms with Crippen molar-refractivity contribution in [2.24, 2.45) is 11.7 Å². The van der Waals surface area contributed by atoms with E-state index in [1.807, 2.05) is 0 Å². The lowest BCUT2D eigenvalue weighted by molar-refractivity contribution is 0.507. The number of benzene rings is 1. The van der Waals surface area contributed by atoms with Gasteiger partial charge in [0.2, 0.25) is 0 Å². The maximum atomic E-state index is 6.33. The van der Waals surface area contributed by atoms with Gasteiger partial charge in [-0.3, -0.25) is 0 Å². The molecule has 2 rings (SSSR count). The maximum absolute atomic E-state index is 6.33. The smallest absolute Gasteiger partial charge is 0.0459 e. The molecule has 0 radical (unpaired) electrons. The van der Waals surface area contributed by atoms with Crippen molar-refractivity contribution in [3.05, 3.63) is 35.5 Å². The normalized spacial score (nSPS) is 13.5. The average Bonchev–Trinajstić information content (AvgIpc) is 2.61. The number of rotatable bonds is 4. The van der Waals surface area contributed by atoms with E-state index in [1.165, 1.54) is 28.6 Å². The molecule has 1 aromatic heterocycles. The molecule has 17 heavy (non-hydrogen) atoms. The number of hydrogen-bond acceptors (Lipinski definition) is 1. The second-order valence-electron chi connectivity index (χ2n) is 5.29. The second kappa shape index (κ2) is 4.92. The fourth-order valence-electron chi connectivity index (χ4n) is 2.43. The molecule has 0 aliphatic rings. The van der Waals surface area contributed by atoms with Gasteiger partial charge in [-0.05, 0) is 37.3 Å². The molecule has 0 spiro atoms. The highest BCUT2D eigenvalue weighted by atomic mass is 14.7. The van der Waals surface area contributed by atoms with Crippen LogP contribution < -0.4 is 5.73 Å². The Balaban J connectivity index is 2.30. The van der Waals surface area contributed by atoms with Crippen molar-refractivity contribution >= 4 is 10.9 Å². The van der Waals surface area contributed by atoms with Gasteiger partial charge in [0.1, 0.15) is 0 Å². The summed E-state index contributed by atoms with van der Waals surface area (Å²) in [5.41, 5.74) is 10.0. The molecule has 0 saturated carbocycles. The Morgan fingerprint density at radius 1 is 1.18 bits per heavy atom. The van der Waals surface area contributed by atoms with Crippen molar-refractivity contribution in [3.8, 4) is 0 Å². The van der Waals surface area contributed by atoms with Crippen molar-refractivity contribution in [2.75, 3.05) is 0 Å². The number of nitrogens with two attached hydrogens (primary N) is 1. The summed E-state index contributed by atoms with van der Waals surface area (Å²) in [5, 5.41) is 1.28. The number of para-hydroxylation sites is 1. The quantitative estimate of drug-likeness (QED) is 0.821. The first-order valence-electron chi connectivity index (χ1n) is 6.42. The molecule has 0 aliphatic heterocycles. The van der Waals surface area contributed by atoms with Gasteiger partial charge in [-0.1, -0.05) is 32.0 Å². The summed E-state index contributed by atoms with van der Waals surface area (Å²) >= 11 is 0. The first-order valence-corrected chi connectivity index (χ1v) is 6.42. The molecule has 2 aromatic rings. The summed E-state index contributed by atoms with van der Waals surface area (Å²) in [6.07, 6.45) is 2.24. The zero-order valence-corrected chi connectivity index (χ0v) is 11.0. The molecule has 1 heterocycles. The van der Waals surface area contributed by atoms with E-state index in [2.05, 4.69) is 50.0 Å². The minimum atomic E-state index is 0.147. The molecule has 92 valence electrons. The van der Waals surface area contributed by atoms with Crippen molar-refractivity contribution in [3.63, 3.8) is 0 Å². The summed E-state index contributed by atoms with van der Waals surface area (Å²) in [5.74, 6) is 0.714. The molecular weight excluding hydrogens is 208 g/mol. The Morgan fingerprint density at radius 2 is 1.88 bits per heavy atom. The van der Waals surface area contributed by atoms with E-state index in [1.54, 1.807) is 0 Å². The van der Waals surface area contributed by atoms with Crippen LogP contribution in [0.25, 0.3) is 10.9 Å². The van der Waals surface area contributed by atoms with Crippen LogP contribution in [-0.2, 0) is 0 Å². The number of nitrogens with one attached hydrogen (secondary N) is 1. The molecule has 0 fully saturated rings. The van der Waals surface area contributed by atoms with Gasteiger partial charge in [0.15, 0.2) is 0 Å². The van der Waals surface area contributed by atoms with Gasteiger partial charge >= 0.3 is 0 Å². The van der Waals surface area contributed by atoms with Crippen LogP contribution in [0.3, 0.4) is 0 Å². The molecule has 1 aromatic carbocycles. The predicted molar refractivity (Wildman–Crippen MR) is 74.0 cm³/mol. The minimum Gasteiger partial charge on any atom is -0.358 e. The van der Waals surface area contributed by atoms with Crippen LogP contribution in [0, 0.1) is 12.8 Å². The van der Waals surface area contributed by atoms with Crippen LogP contribution in [0.1, 0.15) is 44.0 Å². The molecule has 0 amide bonds. The van der Waals surface area contributed by atoms with Gasteiger partial charge in [-0.15, -0.1) is 0 Å². The number of fused-ring (bicyclic) bond motifs is 1. The highest BCUT2D eigenvalue weighted by molar-refractivity contribution is 5.85. The topological polar surface area (TPSA) is 41.8 Å². The van der Waals surface area contributed by atoms with Gasteiger partial charge < -0.3 is 10.7 Å². The number of aromatic amines is 1. The highest BCUT2D eigenvalue weighted by Gasteiger charge is 2.15. The SMILES string of the molecule is Cc1[nH]c2ccccc2c1[C@@H](N)CCC(C)C. The highest BCUT2D eigenvalue weighted by Crippen LogP contribution is 2.29. The Kier molecular flexibility index (Phi) is 3.53. The van der Waals surface area contributed by atoms with E-state index < -0.39 is 0 Å². The van der Waals surface area contributed by atoms with Gasteiger partial charge in [-0.2, -0.15) is 0 Å². The number of hydrogen-bond donors (Lipinski definition) is 2. The Bertz CT molecular complexity index is 497. The van der Waals surface area contributed by atoms with Crippen molar-refractivity contribution < 1.29 is 0 Å². The van der Waals surface area contributed by atoms with E-state index in [0.29, 0.717) is 5.92 Å². The van der Waals surface area contributed by atoms with Crippen molar-refractivity contribution in [1.29, 1.82) is 0 Å². The van der Waals surface area contributed by atoms with E-state index in [9.17, 15) is 0 Å². The predicted octanol–water partition coefficient (Wildman–Crippen LogP) is 3.91. The van der Waals surface area contributed by atoms with Crippen LogP contribution in [-0.4, -0.2) is 4.98 Å². The fraction of sp³-hybridized carbons (Fsp3) is 0.467. The molecule has 2 heteroatoms. The molecular formula is C15H22N2. The number of H-pyrrole nitrogens is 1. The molecule has 3 N–H and O–H groups in total. The zero-order chi connectivity index (χ0) is 12.4. The molecule has 0 bridgehead atoms. The van der Waals surface area contributed by atoms with Gasteiger partial charge in [0, 0.05) is 22.6 Å². The maximum Gasteiger partial charge on any atom is 0.0459 e. The third-order valence-electron chi connectivity index (χ3n) is 3.37. The third-order valence-corrected chi connectivity index (χ3v) is 3.37. The third kappa shape index (κ3) is 2.52. The Morgan fingerprint density at radius 3 is 2.59 bits per heavy atom. The molecule has 0 unspecified atom stereocenters. The fourth-order valence-corrected chi connectivity index (χ4v) is 2.43. The monoisotopic (exact) mass is 230 g/mol. The largest absolute Gasteiger partial charge is 0.358 e. The number of aryl methyl sites for hydroxylation is 1. The van der Waals surface area contributed by atoms with E-state index in [4.69, 9.17) is 5.73 Å². The lowest BCUT2D eigenvalue weighted by atomic mass is 9.96. The average molecular weight is 230 g/mol. The molecule has 0 aliphatic carbocycles. The van der Waals surface area contributed by atoms with Crippen LogP contribution in [0.2, 0.25) is 0 Å². The van der Waals surface area contributed by atoms with Crippen LogP contribution in [0.5, 0.6) is 0 Å². The first-order chi connectivity index (χ1) is 8.09. The van der Waals surface area contributed by atoms with E-state index in [0.717, 1.165) is 6.42 Å². The van der Waals surface area contributed by atoms with Crippen molar-refractivity contribution in [1.82, 2.24) is 4.98 Å². The summed E-state index contributed by atoms with van der Waals surface area (Å²) < 4.78 is 0. The zero-order valence-electron chi connectivity index (χ0n) is 11.0. The van der Waals surface area contributed by atoms with Crippen LogP contribution in [0.15, 0.2) is 24.3 Å². The first kappa shape index (κ1) is 12.2. The van der Waals surface area contributed by atoms with Crippen LogP contribution in [0.4, 0.5) is 0 Å². The lowest BCUT2D eigenvalue weighted by Gasteiger charge is -2.13. The van der Waals surface area contributed by atoms with Gasteiger partial charge in [-0.25, -0.2) is 0 Å². The van der Waals surface area contributed by atoms with E-state index in [-0.39, 0.29) is 6.04 Å². The summed E-state index contributed by atoms with van der Waals surface area (Å²) in [6.45, 7) is 6.61. The van der Waals surface area contributed by atoms with E-state index >= 15 is 0 Å². The molecule has 0 saturated heterocycles. The summed E-state index contributed by atoms with van der Waals surface area (Å²) in [7, 11) is 0. The van der Waals surface area contributed by atoms with Gasteiger partial charge in [0.05, 0.1) is 0 Å². The summed E-state index contributed by atoms with van der Waals surface area (Å²) in [4.78, 5) is 3.42. The Labute approximate surface area is 103 Å². The minimum absolute atomic E-state index is 0.147. The lowest BCUT2D eigenvalue weighted by Crippen LogP contribution is -2.12. The summed E-state index contributed by atoms with van der Waals surface area (Å²) in [6, 6.07) is 8.55. The molecule has 1 atom stereocenters. The van der Waals surface area contributed by atoms with Gasteiger partial charge in [0.25, 0.3) is 0 Å². The van der Waals surface area contributed by atoms with Crippen LogP contribution >= 0.6 is 0 Å².